The molecule has 8 nitrogen and oxygen atoms in total. The number of carbonyl (C=O) groups is 3. The number of aryl methyl sites for hydroxylation is 1. The van der Waals surface area contributed by atoms with E-state index in [0.29, 0.717) is 24.0 Å². The van der Waals surface area contributed by atoms with E-state index in [4.69, 9.17) is 21.1 Å². The van der Waals surface area contributed by atoms with Crippen LogP contribution in [0.5, 0.6) is 11.5 Å². The third-order valence-electron chi connectivity index (χ3n) is 8.24. The van der Waals surface area contributed by atoms with Gasteiger partial charge in [-0.25, -0.2) is 0 Å². The lowest BCUT2D eigenvalue weighted by Crippen LogP contribution is -2.34. The van der Waals surface area contributed by atoms with E-state index in [2.05, 4.69) is 24.0 Å². The number of amides is 2. The number of nitrogens with zero attached hydrogens (tertiary/aromatic N) is 2. The molecular weight excluding hydrogens is 532 g/mol. The Morgan fingerprint density at radius 1 is 1.07 bits per heavy atom. The van der Waals surface area contributed by atoms with Crippen LogP contribution >= 0.6 is 11.6 Å². The van der Waals surface area contributed by atoms with Crippen molar-refractivity contribution in [2.45, 2.75) is 65.0 Å². The van der Waals surface area contributed by atoms with Gasteiger partial charge in [0.15, 0.2) is 11.5 Å². The van der Waals surface area contributed by atoms with Crippen molar-refractivity contribution in [3.63, 3.8) is 0 Å². The lowest BCUT2D eigenvalue weighted by Gasteiger charge is -2.35. The Morgan fingerprint density at radius 2 is 1.77 bits per heavy atom. The first-order chi connectivity index (χ1) is 19.2. The molecule has 2 aromatic rings. The number of carboxylic acids is 1. The molecule has 0 spiro atoms. The molecule has 40 heavy (non-hydrogen) atoms. The number of likely N-dealkylation sites (tertiary alicyclic amines) is 1. The van der Waals surface area contributed by atoms with Crippen LogP contribution in [0.25, 0.3) is 0 Å². The molecule has 2 aromatic carbocycles. The second kappa shape index (κ2) is 13.5. The number of methoxy groups -OCH3 is 1. The Kier molecular flexibility index (Phi) is 10.1. The lowest BCUT2D eigenvalue weighted by atomic mass is 9.81. The van der Waals surface area contributed by atoms with Gasteiger partial charge in [0, 0.05) is 37.0 Å². The highest BCUT2D eigenvalue weighted by Gasteiger charge is 2.30. The largest absolute Gasteiger partial charge is 0.493 e. The molecule has 0 bridgehead atoms. The van der Waals surface area contributed by atoms with Crippen molar-refractivity contribution in [3.05, 3.63) is 58.1 Å². The Bertz CT molecular complexity index is 1210. The topological polar surface area (TPSA) is 96.4 Å². The molecule has 1 saturated carbocycles. The van der Waals surface area contributed by atoms with Crippen molar-refractivity contribution < 1.29 is 29.0 Å². The molecule has 1 aliphatic heterocycles. The van der Waals surface area contributed by atoms with Gasteiger partial charge < -0.3 is 14.6 Å². The number of carboxylic acid groups (broad SMARTS) is 1. The van der Waals surface area contributed by atoms with Gasteiger partial charge in [0.2, 0.25) is 11.8 Å². The first-order valence-corrected chi connectivity index (χ1v) is 14.4. The summed E-state index contributed by atoms with van der Waals surface area (Å²) in [5, 5.41) is 10.2. The Balaban J connectivity index is 1.47. The van der Waals surface area contributed by atoms with Crippen LogP contribution in [-0.2, 0) is 20.9 Å². The molecule has 1 heterocycles. The molecule has 9 heteroatoms. The molecule has 4 rings (SSSR count). The Hall–Kier alpha value is -3.10. The van der Waals surface area contributed by atoms with Crippen LogP contribution in [0.3, 0.4) is 0 Å². The number of aliphatic carboxylic acids is 1. The van der Waals surface area contributed by atoms with E-state index in [1.165, 1.54) is 10.5 Å². The minimum atomic E-state index is -0.687. The van der Waals surface area contributed by atoms with Crippen LogP contribution in [0.15, 0.2) is 36.4 Å². The number of hydrogen-bond donors (Lipinski definition) is 1. The molecule has 216 valence electrons. The zero-order valence-corrected chi connectivity index (χ0v) is 24.3. The first kappa shape index (κ1) is 29.9. The van der Waals surface area contributed by atoms with E-state index in [9.17, 15) is 19.5 Å². The van der Waals surface area contributed by atoms with Gasteiger partial charge in [-0.2, -0.15) is 0 Å². The highest BCUT2D eigenvalue weighted by Crippen LogP contribution is 2.34. The molecule has 1 N–H and O–H groups in total. The van der Waals surface area contributed by atoms with Crippen molar-refractivity contribution in [1.29, 1.82) is 0 Å². The van der Waals surface area contributed by atoms with Crippen LogP contribution in [0.2, 0.25) is 5.02 Å². The maximum atomic E-state index is 11.9. The van der Waals surface area contributed by atoms with Gasteiger partial charge in [-0.05, 0) is 80.3 Å². The summed E-state index contributed by atoms with van der Waals surface area (Å²) in [5.41, 5.74) is 3.28. The summed E-state index contributed by atoms with van der Waals surface area (Å²) in [4.78, 5) is 38.9. The minimum absolute atomic E-state index is 0.116. The molecule has 0 unspecified atom stereocenters. The second-order valence-corrected chi connectivity index (χ2v) is 11.3. The fourth-order valence-electron chi connectivity index (χ4n) is 5.71. The van der Waals surface area contributed by atoms with Crippen molar-refractivity contribution in [2.24, 2.45) is 11.8 Å². The minimum Gasteiger partial charge on any atom is -0.493 e. The zero-order valence-electron chi connectivity index (χ0n) is 23.5. The lowest BCUT2D eigenvalue weighted by molar-refractivity contribution is -0.143. The molecule has 1 atom stereocenters. The molecule has 0 aromatic heterocycles. The molecule has 2 fully saturated rings. The number of ether oxygens (including phenoxy) is 2. The van der Waals surface area contributed by atoms with Gasteiger partial charge in [-0.15, -0.1) is 0 Å². The number of halogens is 1. The molecule has 2 amide bonds. The maximum Gasteiger partial charge on any atom is 0.306 e. The molecule has 1 saturated heterocycles. The third-order valence-corrected chi connectivity index (χ3v) is 8.67. The predicted molar refractivity (Wildman–Crippen MR) is 153 cm³/mol. The standard InChI is InChI=1S/C31H39ClN2O6/c1-20-16-25(9-10-26(20)32)21(2)33(18-22-4-7-24(8-5-22)31(37)38)19-23-6-11-27(28(17-23)39-3)40-15-14-34-29(35)12-13-30(34)36/h6,9-11,16-17,21-22,24H,4-5,7-8,12-15,18-19H2,1-3H3,(H,37,38)/t21-,22?,24?/m1/s1. The Morgan fingerprint density at radius 3 is 2.40 bits per heavy atom. The first-order valence-electron chi connectivity index (χ1n) is 14.0. The van der Waals surface area contributed by atoms with Gasteiger partial charge in [-0.1, -0.05) is 29.8 Å². The number of hydrogen-bond acceptors (Lipinski definition) is 6. The van der Waals surface area contributed by atoms with Crippen LogP contribution in [-0.4, -0.2) is 59.5 Å². The molecular formula is C31H39ClN2O6. The summed E-state index contributed by atoms with van der Waals surface area (Å²) in [6.45, 7) is 6.16. The quantitative estimate of drug-likeness (QED) is 0.330. The van der Waals surface area contributed by atoms with Gasteiger partial charge in [0.1, 0.15) is 6.61 Å². The number of rotatable bonds is 12. The number of benzene rings is 2. The van der Waals surface area contributed by atoms with E-state index < -0.39 is 5.97 Å². The van der Waals surface area contributed by atoms with Gasteiger partial charge in [0.25, 0.3) is 0 Å². The average Bonchev–Trinajstić information content (AvgIpc) is 3.27. The molecule has 1 aliphatic carbocycles. The van der Waals surface area contributed by atoms with Crippen LogP contribution < -0.4 is 9.47 Å². The average molecular weight is 571 g/mol. The van der Waals surface area contributed by atoms with Crippen molar-refractivity contribution in [3.8, 4) is 11.5 Å². The summed E-state index contributed by atoms with van der Waals surface area (Å²) in [6.07, 6.45) is 3.77. The maximum absolute atomic E-state index is 11.9. The zero-order chi connectivity index (χ0) is 28.8. The highest BCUT2D eigenvalue weighted by atomic mass is 35.5. The summed E-state index contributed by atoms with van der Waals surface area (Å²) < 4.78 is 11.5. The molecule has 2 aliphatic rings. The highest BCUT2D eigenvalue weighted by molar-refractivity contribution is 6.31. The van der Waals surface area contributed by atoms with Crippen LogP contribution in [0.1, 0.15) is 68.2 Å². The van der Waals surface area contributed by atoms with Crippen LogP contribution in [0, 0.1) is 18.8 Å². The Labute approximate surface area is 241 Å². The van der Waals surface area contributed by atoms with E-state index in [0.717, 1.165) is 48.4 Å². The van der Waals surface area contributed by atoms with E-state index in [1.54, 1.807) is 7.11 Å². The van der Waals surface area contributed by atoms with E-state index in [1.807, 2.05) is 31.2 Å². The van der Waals surface area contributed by atoms with E-state index >= 15 is 0 Å². The number of carbonyl (C=O) groups excluding carboxylic acids is 2. The monoisotopic (exact) mass is 570 g/mol. The fourth-order valence-corrected chi connectivity index (χ4v) is 5.82. The second-order valence-electron chi connectivity index (χ2n) is 10.9. The van der Waals surface area contributed by atoms with Crippen molar-refractivity contribution in [1.82, 2.24) is 9.80 Å². The molecule has 0 radical (unpaired) electrons. The van der Waals surface area contributed by atoms with Gasteiger partial charge in [-0.3, -0.25) is 24.2 Å². The number of imide groups is 1. The van der Waals surface area contributed by atoms with Crippen molar-refractivity contribution in [2.75, 3.05) is 26.8 Å². The summed E-state index contributed by atoms with van der Waals surface area (Å²) in [6, 6.07) is 12.1. The normalized spacial score (nSPS) is 20.2. The SMILES string of the molecule is COc1cc(CN(CC2CCC(C(=O)O)CC2)[C@H](C)c2ccc(Cl)c(C)c2)ccc1OCCN1C(=O)CCC1=O. The van der Waals surface area contributed by atoms with Crippen LogP contribution in [0.4, 0.5) is 0 Å². The van der Waals surface area contributed by atoms with E-state index in [-0.39, 0.29) is 49.8 Å². The van der Waals surface area contributed by atoms with Gasteiger partial charge in [0.05, 0.1) is 19.6 Å². The fraction of sp³-hybridized carbons (Fsp3) is 0.516. The predicted octanol–water partition coefficient (Wildman–Crippen LogP) is 5.64. The van der Waals surface area contributed by atoms with Gasteiger partial charge >= 0.3 is 5.97 Å². The van der Waals surface area contributed by atoms with Crippen molar-refractivity contribution >= 4 is 29.4 Å². The summed E-state index contributed by atoms with van der Waals surface area (Å²) in [5.74, 6) is 0.341. The summed E-state index contributed by atoms with van der Waals surface area (Å²) in [7, 11) is 1.59. The third kappa shape index (κ3) is 7.34. The smallest absolute Gasteiger partial charge is 0.306 e. The summed E-state index contributed by atoms with van der Waals surface area (Å²) >= 11 is 6.30.